The molecule has 0 bridgehead atoms. The first kappa shape index (κ1) is 16.6. The van der Waals surface area contributed by atoms with Gasteiger partial charge in [0.15, 0.2) is 0 Å². The number of benzene rings is 2. The average Bonchev–Trinajstić information content (AvgIpc) is 3.32. The smallest absolute Gasteiger partial charge is 0.0650 e. The van der Waals surface area contributed by atoms with Crippen molar-refractivity contribution in [1.82, 2.24) is 0 Å². The van der Waals surface area contributed by atoms with Gasteiger partial charge in [0.2, 0.25) is 0 Å². The van der Waals surface area contributed by atoms with Crippen LogP contribution in [-0.2, 0) is 4.74 Å². The molecule has 1 N–H and O–H groups in total. The van der Waals surface area contributed by atoms with E-state index in [2.05, 4.69) is 35.2 Å². The number of rotatable bonds is 4. The Morgan fingerprint density at radius 3 is 2.62 bits per heavy atom. The van der Waals surface area contributed by atoms with Crippen molar-refractivity contribution in [2.45, 2.75) is 37.2 Å². The molecule has 0 aromatic heterocycles. The maximum Gasteiger partial charge on any atom is 0.0650 e. The number of hydrogen-bond donors (Lipinski definition) is 1. The van der Waals surface area contributed by atoms with Gasteiger partial charge in [-0.05, 0) is 72.2 Å². The molecular weight excluding hydrogens is 346 g/mol. The summed E-state index contributed by atoms with van der Waals surface area (Å²) in [5.74, 6) is 0.335. The van der Waals surface area contributed by atoms with Gasteiger partial charge in [0.05, 0.1) is 18.8 Å². The van der Waals surface area contributed by atoms with Crippen LogP contribution in [0, 0.1) is 0 Å². The zero-order valence-electron chi connectivity index (χ0n) is 14.9. The summed E-state index contributed by atoms with van der Waals surface area (Å²) in [6, 6.07) is 13.1. The Bertz CT molecular complexity index is 840. The summed E-state index contributed by atoms with van der Waals surface area (Å²) in [4.78, 5) is 2.40. The van der Waals surface area contributed by atoms with Gasteiger partial charge in [-0.2, -0.15) is 0 Å². The minimum atomic E-state index is -0.408. The number of morpholine rings is 1. The maximum atomic E-state index is 10.3. The van der Waals surface area contributed by atoms with Crippen molar-refractivity contribution in [3.63, 3.8) is 0 Å². The average molecular weight is 370 g/mol. The third-order valence-electron chi connectivity index (χ3n) is 6.19. The highest BCUT2D eigenvalue weighted by Gasteiger charge is 2.41. The highest BCUT2D eigenvalue weighted by Crippen LogP contribution is 2.51. The van der Waals surface area contributed by atoms with Crippen LogP contribution in [0.2, 0.25) is 5.02 Å². The Morgan fingerprint density at radius 1 is 1.04 bits per heavy atom. The van der Waals surface area contributed by atoms with Crippen LogP contribution in [0.5, 0.6) is 0 Å². The van der Waals surface area contributed by atoms with Gasteiger partial charge in [0.25, 0.3) is 0 Å². The van der Waals surface area contributed by atoms with Gasteiger partial charge in [0.1, 0.15) is 0 Å². The van der Waals surface area contributed by atoms with E-state index in [0.717, 1.165) is 57.0 Å². The fourth-order valence-corrected chi connectivity index (χ4v) is 4.63. The molecule has 2 fully saturated rings. The van der Waals surface area contributed by atoms with Gasteiger partial charge in [0, 0.05) is 29.7 Å². The molecule has 5 rings (SSSR count). The monoisotopic (exact) mass is 369 g/mol. The second kappa shape index (κ2) is 6.26. The first-order valence-corrected chi connectivity index (χ1v) is 10.00. The molecule has 1 unspecified atom stereocenters. The number of hydrogen-bond acceptors (Lipinski definition) is 3. The zero-order valence-corrected chi connectivity index (χ0v) is 15.6. The second-order valence-electron chi connectivity index (χ2n) is 7.92. The fourth-order valence-electron chi connectivity index (χ4n) is 4.45. The summed E-state index contributed by atoms with van der Waals surface area (Å²) in [5, 5.41) is 11.1. The zero-order chi connectivity index (χ0) is 17.7. The van der Waals surface area contributed by atoms with E-state index in [-0.39, 0.29) is 0 Å². The van der Waals surface area contributed by atoms with Crippen molar-refractivity contribution in [2.24, 2.45) is 0 Å². The summed E-state index contributed by atoms with van der Waals surface area (Å²) >= 11 is 6.32. The summed E-state index contributed by atoms with van der Waals surface area (Å²) < 4.78 is 5.49. The van der Waals surface area contributed by atoms with E-state index in [1.807, 2.05) is 6.07 Å². The third-order valence-corrected chi connectivity index (χ3v) is 6.43. The first-order valence-electron chi connectivity index (χ1n) is 9.62. The quantitative estimate of drug-likeness (QED) is 0.855. The van der Waals surface area contributed by atoms with E-state index in [4.69, 9.17) is 16.3 Å². The molecule has 2 aromatic rings. The normalized spacial score (nSPS) is 22.8. The van der Waals surface area contributed by atoms with E-state index in [1.165, 1.54) is 27.9 Å². The highest BCUT2D eigenvalue weighted by molar-refractivity contribution is 6.30. The van der Waals surface area contributed by atoms with E-state index >= 15 is 0 Å². The van der Waals surface area contributed by atoms with E-state index in [0.29, 0.717) is 5.92 Å². The lowest BCUT2D eigenvalue weighted by Gasteiger charge is -2.29. The number of halogens is 1. The maximum absolute atomic E-state index is 10.3. The SMILES string of the molecule is OC1(CCC2c3ccc(N4CCOCC4)cc3-c3ccc(Cl)cc32)CC1. The topological polar surface area (TPSA) is 32.7 Å². The standard InChI is InChI=1S/C22H24ClNO2/c23-15-1-3-18-20(13-15)19(5-6-22(25)7-8-22)17-4-2-16(14-21(17)18)24-9-11-26-12-10-24/h1-4,13-14,19,25H,5-12H2. The summed E-state index contributed by atoms with van der Waals surface area (Å²) in [6.45, 7) is 3.49. The van der Waals surface area contributed by atoms with Crippen LogP contribution in [-0.4, -0.2) is 37.0 Å². The molecule has 1 aliphatic heterocycles. The van der Waals surface area contributed by atoms with Crippen molar-refractivity contribution < 1.29 is 9.84 Å². The molecule has 0 amide bonds. The Hall–Kier alpha value is -1.55. The number of aliphatic hydroxyl groups is 1. The summed E-state index contributed by atoms with van der Waals surface area (Å²) in [6.07, 6.45) is 3.75. The van der Waals surface area contributed by atoms with Crippen LogP contribution < -0.4 is 4.90 Å². The largest absolute Gasteiger partial charge is 0.390 e. The van der Waals surface area contributed by atoms with Crippen LogP contribution >= 0.6 is 11.6 Å². The molecule has 3 nitrogen and oxygen atoms in total. The van der Waals surface area contributed by atoms with Crippen molar-refractivity contribution in [3.05, 3.63) is 52.5 Å². The molecule has 26 heavy (non-hydrogen) atoms. The number of anilines is 1. The van der Waals surface area contributed by atoms with Crippen molar-refractivity contribution in [2.75, 3.05) is 31.2 Å². The molecule has 1 saturated carbocycles. The van der Waals surface area contributed by atoms with Gasteiger partial charge in [-0.1, -0.05) is 23.7 Å². The Kier molecular flexibility index (Phi) is 4.00. The minimum absolute atomic E-state index is 0.335. The van der Waals surface area contributed by atoms with Gasteiger partial charge in [-0.3, -0.25) is 0 Å². The minimum Gasteiger partial charge on any atom is -0.390 e. The molecule has 2 aliphatic carbocycles. The molecule has 3 aliphatic rings. The molecule has 1 saturated heterocycles. The van der Waals surface area contributed by atoms with Crippen LogP contribution in [0.1, 0.15) is 42.7 Å². The van der Waals surface area contributed by atoms with Gasteiger partial charge in [-0.15, -0.1) is 0 Å². The van der Waals surface area contributed by atoms with E-state index in [9.17, 15) is 5.11 Å². The van der Waals surface area contributed by atoms with Crippen LogP contribution in [0.3, 0.4) is 0 Å². The first-order chi connectivity index (χ1) is 12.6. The summed E-state index contributed by atoms with van der Waals surface area (Å²) in [7, 11) is 0. The third kappa shape index (κ3) is 2.92. The van der Waals surface area contributed by atoms with Crippen molar-refractivity contribution in [1.29, 1.82) is 0 Å². The molecule has 1 heterocycles. The Morgan fingerprint density at radius 2 is 1.85 bits per heavy atom. The molecule has 1 atom stereocenters. The molecule has 2 aromatic carbocycles. The molecule has 0 spiro atoms. The Labute approximate surface area is 159 Å². The molecular formula is C22H24ClNO2. The van der Waals surface area contributed by atoms with Crippen LogP contribution in [0.25, 0.3) is 11.1 Å². The van der Waals surface area contributed by atoms with E-state index < -0.39 is 5.60 Å². The van der Waals surface area contributed by atoms with Crippen molar-refractivity contribution >= 4 is 17.3 Å². The molecule has 0 radical (unpaired) electrons. The molecule has 4 heteroatoms. The lowest BCUT2D eigenvalue weighted by molar-refractivity contribution is 0.122. The van der Waals surface area contributed by atoms with Crippen LogP contribution in [0.4, 0.5) is 5.69 Å². The van der Waals surface area contributed by atoms with Gasteiger partial charge in [-0.25, -0.2) is 0 Å². The second-order valence-corrected chi connectivity index (χ2v) is 8.35. The number of nitrogens with zero attached hydrogens (tertiary/aromatic N) is 1. The number of ether oxygens (including phenoxy) is 1. The predicted molar refractivity (Wildman–Crippen MR) is 105 cm³/mol. The number of fused-ring (bicyclic) bond motifs is 3. The Balaban J connectivity index is 1.52. The van der Waals surface area contributed by atoms with E-state index in [1.54, 1.807) is 0 Å². The summed E-state index contributed by atoms with van der Waals surface area (Å²) in [5.41, 5.74) is 6.18. The van der Waals surface area contributed by atoms with Crippen LogP contribution in [0.15, 0.2) is 36.4 Å². The lowest BCUT2D eigenvalue weighted by Crippen LogP contribution is -2.36. The fraction of sp³-hybridized carbons (Fsp3) is 0.455. The van der Waals surface area contributed by atoms with Crippen molar-refractivity contribution in [3.8, 4) is 11.1 Å². The van der Waals surface area contributed by atoms with Gasteiger partial charge < -0.3 is 14.7 Å². The molecule has 136 valence electrons. The highest BCUT2D eigenvalue weighted by atomic mass is 35.5. The lowest BCUT2D eigenvalue weighted by atomic mass is 9.90. The van der Waals surface area contributed by atoms with Gasteiger partial charge >= 0.3 is 0 Å². The predicted octanol–water partition coefficient (Wildman–Crippen LogP) is 4.59.